The van der Waals surface area contributed by atoms with Gasteiger partial charge in [-0.05, 0) is 54.6 Å². The van der Waals surface area contributed by atoms with E-state index in [1.165, 1.54) is 36.0 Å². The average molecular weight is 268 g/mol. The van der Waals surface area contributed by atoms with Gasteiger partial charge in [-0.15, -0.1) is 0 Å². The Morgan fingerprint density at radius 1 is 1.10 bits per heavy atom. The normalized spacial score (nSPS) is 14.9. The lowest BCUT2D eigenvalue weighted by atomic mass is 9.97. The van der Waals surface area contributed by atoms with Gasteiger partial charge in [0.15, 0.2) is 0 Å². The van der Waals surface area contributed by atoms with Gasteiger partial charge in [0.2, 0.25) is 0 Å². The maximum atomic E-state index is 5.27. The molecule has 1 aromatic heterocycles. The minimum Gasteiger partial charge on any atom is -0.495 e. The number of nitrogens with zero attached hydrogens (tertiary/aromatic N) is 1. The minimum atomic E-state index is 0.156. The third-order valence-corrected chi connectivity index (χ3v) is 4.05. The van der Waals surface area contributed by atoms with Crippen LogP contribution in [-0.4, -0.2) is 19.1 Å². The van der Waals surface area contributed by atoms with E-state index in [0.29, 0.717) is 0 Å². The fraction of sp³-hybridized carbons (Fsp3) is 0.353. The molecule has 0 fully saturated rings. The van der Waals surface area contributed by atoms with Crippen LogP contribution >= 0.6 is 0 Å². The highest BCUT2D eigenvalue weighted by Crippen LogP contribution is 2.29. The highest BCUT2D eigenvalue weighted by molar-refractivity contribution is 5.40. The van der Waals surface area contributed by atoms with Gasteiger partial charge in [0.05, 0.1) is 19.3 Å². The second kappa shape index (κ2) is 5.63. The Labute approximate surface area is 120 Å². The van der Waals surface area contributed by atoms with Gasteiger partial charge >= 0.3 is 0 Å². The van der Waals surface area contributed by atoms with Gasteiger partial charge in [0.25, 0.3) is 0 Å². The van der Waals surface area contributed by atoms with Gasteiger partial charge in [-0.1, -0.05) is 18.2 Å². The topological polar surface area (TPSA) is 34.2 Å². The first kappa shape index (κ1) is 13.1. The Morgan fingerprint density at radius 3 is 2.75 bits per heavy atom. The molecule has 1 N–H and O–H groups in total. The number of hydrogen-bond acceptors (Lipinski definition) is 3. The van der Waals surface area contributed by atoms with Crippen LogP contribution in [0.4, 0.5) is 0 Å². The monoisotopic (exact) mass is 268 g/mol. The zero-order chi connectivity index (χ0) is 13.9. The van der Waals surface area contributed by atoms with E-state index >= 15 is 0 Å². The van der Waals surface area contributed by atoms with Gasteiger partial charge in [-0.3, -0.25) is 4.98 Å². The Balaban J connectivity index is 1.96. The fourth-order valence-electron chi connectivity index (χ4n) is 3.00. The Hall–Kier alpha value is -1.87. The summed E-state index contributed by atoms with van der Waals surface area (Å²) in [6, 6.07) is 9.04. The lowest BCUT2D eigenvalue weighted by Crippen LogP contribution is -2.18. The molecule has 104 valence electrons. The number of methoxy groups -OCH3 is 1. The fourth-order valence-corrected chi connectivity index (χ4v) is 3.00. The smallest absolute Gasteiger partial charge is 0.137 e. The van der Waals surface area contributed by atoms with E-state index in [1.807, 2.05) is 19.3 Å². The second-order valence-electron chi connectivity index (χ2n) is 5.26. The van der Waals surface area contributed by atoms with Crippen molar-refractivity contribution in [1.29, 1.82) is 0 Å². The van der Waals surface area contributed by atoms with Crippen molar-refractivity contribution in [2.24, 2.45) is 0 Å². The summed E-state index contributed by atoms with van der Waals surface area (Å²) in [7, 11) is 3.65. The van der Waals surface area contributed by atoms with E-state index < -0.39 is 0 Å². The molecule has 0 radical (unpaired) electrons. The van der Waals surface area contributed by atoms with E-state index in [9.17, 15) is 0 Å². The van der Waals surface area contributed by atoms with E-state index in [4.69, 9.17) is 4.74 Å². The molecule has 1 atom stereocenters. The standard InChI is InChI=1S/C17H20N2O/c1-18-17(15-9-16(20-2)11-19-10-15)14-7-6-12-4-3-5-13(12)8-14/h6-11,17-18H,3-5H2,1-2H3. The molecule has 1 aliphatic rings. The van der Waals surface area contributed by atoms with Gasteiger partial charge in [0, 0.05) is 6.20 Å². The molecule has 2 aromatic rings. The molecule has 0 saturated heterocycles. The van der Waals surface area contributed by atoms with Crippen LogP contribution in [0.2, 0.25) is 0 Å². The number of ether oxygens (including phenoxy) is 1. The molecule has 1 unspecified atom stereocenters. The molecule has 0 amide bonds. The summed E-state index contributed by atoms with van der Waals surface area (Å²) in [4.78, 5) is 4.26. The molecular formula is C17H20N2O. The number of aryl methyl sites for hydroxylation is 2. The van der Waals surface area contributed by atoms with Crippen molar-refractivity contribution in [1.82, 2.24) is 10.3 Å². The third-order valence-electron chi connectivity index (χ3n) is 4.05. The molecule has 0 spiro atoms. The third kappa shape index (κ3) is 2.41. The van der Waals surface area contributed by atoms with Crippen LogP contribution < -0.4 is 10.1 Å². The van der Waals surface area contributed by atoms with Crippen LogP contribution in [0.15, 0.2) is 36.7 Å². The second-order valence-corrected chi connectivity index (χ2v) is 5.26. The lowest BCUT2D eigenvalue weighted by molar-refractivity contribution is 0.411. The number of pyridine rings is 1. The van der Waals surface area contributed by atoms with E-state index in [0.717, 1.165) is 11.3 Å². The molecule has 3 heteroatoms. The summed E-state index contributed by atoms with van der Waals surface area (Å²) >= 11 is 0. The summed E-state index contributed by atoms with van der Waals surface area (Å²) in [5, 5.41) is 3.38. The van der Waals surface area contributed by atoms with Crippen molar-refractivity contribution >= 4 is 0 Å². The zero-order valence-electron chi connectivity index (χ0n) is 12.0. The minimum absolute atomic E-state index is 0.156. The Kier molecular flexibility index (Phi) is 3.70. The Bertz CT molecular complexity index is 610. The number of rotatable bonds is 4. The molecule has 3 rings (SSSR count). The molecule has 0 aliphatic heterocycles. The highest BCUT2D eigenvalue weighted by Gasteiger charge is 2.17. The van der Waals surface area contributed by atoms with Gasteiger partial charge in [-0.25, -0.2) is 0 Å². The average Bonchev–Trinajstić information content (AvgIpc) is 2.96. The lowest BCUT2D eigenvalue weighted by Gasteiger charge is -2.18. The van der Waals surface area contributed by atoms with Crippen LogP contribution in [0.25, 0.3) is 0 Å². The number of fused-ring (bicyclic) bond motifs is 1. The first-order valence-corrected chi connectivity index (χ1v) is 7.09. The summed E-state index contributed by atoms with van der Waals surface area (Å²) < 4.78 is 5.27. The molecule has 20 heavy (non-hydrogen) atoms. The van der Waals surface area contributed by atoms with Gasteiger partial charge < -0.3 is 10.1 Å². The molecule has 1 aromatic carbocycles. The van der Waals surface area contributed by atoms with Crippen LogP contribution in [0.5, 0.6) is 5.75 Å². The van der Waals surface area contributed by atoms with Crippen molar-refractivity contribution in [2.45, 2.75) is 25.3 Å². The first-order chi connectivity index (χ1) is 9.81. The zero-order valence-corrected chi connectivity index (χ0v) is 12.0. The quantitative estimate of drug-likeness (QED) is 0.926. The van der Waals surface area contributed by atoms with Crippen LogP contribution in [0.3, 0.4) is 0 Å². The summed E-state index contributed by atoms with van der Waals surface area (Å²) in [5.41, 5.74) is 5.43. The summed E-state index contributed by atoms with van der Waals surface area (Å²) in [6.07, 6.45) is 7.34. The summed E-state index contributed by atoms with van der Waals surface area (Å²) in [6.45, 7) is 0. The van der Waals surface area contributed by atoms with E-state index in [-0.39, 0.29) is 6.04 Å². The van der Waals surface area contributed by atoms with Crippen molar-refractivity contribution in [3.63, 3.8) is 0 Å². The number of hydrogen-bond donors (Lipinski definition) is 1. The molecule has 0 saturated carbocycles. The van der Waals surface area contributed by atoms with Crippen molar-refractivity contribution in [3.8, 4) is 5.75 Å². The number of nitrogens with one attached hydrogen (secondary N) is 1. The van der Waals surface area contributed by atoms with Crippen molar-refractivity contribution < 1.29 is 4.74 Å². The van der Waals surface area contributed by atoms with Gasteiger partial charge in [-0.2, -0.15) is 0 Å². The molecule has 0 bridgehead atoms. The van der Waals surface area contributed by atoms with Crippen LogP contribution in [0.1, 0.15) is 34.7 Å². The molecule has 3 nitrogen and oxygen atoms in total. The SMILES string of the molecule is CNC(c1cncc(OC)c1)c1ccc2c(c1)CCC2. The first-order valence-electron chi connectivity index (χ1n) is 7.09. The maximum absolute atomic E-state index is 5.27. The van der Waals surface area contributed by atoms with Gasteiger partial charge in [0.1, 0.15) is 5.75 Å². The van der Waals surface area contributed by atoms with Crippen molar-refractivity contribution in [3.05, 3.63) is 58.9 Å². The predicted molar refractivity (Wildman–Crippen MR) is 80.2 cm³/mol. The molecular weight excluding hydrogens is 248 g/mol. The van der Waals surface area contributed by atoms with Crippen LogP contribution in [0, 0.1) is 0 Å². The van der Waals surface area contributed by atoms with Crippen molar-refractivity contribution in [2.75, 3.05) is 14.2 Å². The predicted octanol–water partition coefficient (Wildman–Crippen LogP) is 2.89. The number of benzene rings is 1. The highest BCUT2D eigenvalue weighted by atomic mass is 16.5. The van der Waals surface area contributed by atoms with E-state index in [1.54, 1.807) is 13.3 Å². The Morgan fingerprint density at radius 2 is 1.95 bits per heavy atom. The molecule has 1 aliphatic carbocycles. The largest absolute Gasteiger partial charge is 0.495 e. The molecule has 1 heterocycles. The maximum Gasteiger partial charge on any atom is 0.137 e. The van der Waals surface area contributed by atoms with E-state index in [2.05, 4.69) is 28.5 Å². The summed E-state index contributed by atoms with van der Waals surface area (Å²) in [5.74, 6) is 0.795. The number of aromatic nitrogens is 1. The van der Waals surface area contributed by atoms with Crippen LogP contribution in [-0.2, 0) is 12.8 Å².